The molecule has 2 heteroatoms. The first-order chi connectivity index (χ1) is 35.6. The van der Waals surface area contributed by atoms with Gasteiger partial charge in [0.15, 0.2) is 0 Å². The Morgan fingerprint density at radius 3 is 1.85 bits per heavy atom. The van der Waals surface area contributed by atoms with Crippen LogP contribution in [0.5, 0.6) is 0 Å². The Kier molecular flexibility index (Phi) is 9.18. The molecule has 344 valence electrons. The minimum atomic E-state index is -0.505. The largest absolute Gasteiger partial charge is 0.310 e. The number of fused-ring (bicyclic) bond motifs is 10. The second-order valence-corrected chi connectivity index (χ2v) is 21.4. The number of aromatic nitrogens is 1. The van der Waals surface area contributed by atoms with E-state index >= 15 is 0 Å². The quantitative estimate of drug-likeness (QED) is 0.138. The van der Waals surface area contributed by atoms with Crippen LogP contribution in [0.3, 0.4) is 0 Å². The molecule has 0 saturated heterocycles. The number of rotatable bonds is 8. The third kappa shape index (κ3) is 5.96. The van der Waals surface area contributed by atoms with Crippen molar-refractivity contribution in [1.82, 2.24) is 4.57 Å². The van der Waals surface area contributed by atoms with Gasteiger partial charge in [-0.05, 0) is 153 Å². The number of allylic oxidation sites excluding steroid dienone is 2. The van der Waals surface area contributed by atoms with Crippen molar-refractivity contribution in [2.24, 2.45) is 17.8 Å². The summed E-state index contributed by atoms with van der Waals surface area (Å²) in [7, 11) is 0. The average molecular weight is 923 g/mol. The zero-order valence-electron chi connectivity index (χ0n) is 40.5. The van der Waals surface area contributed by atoms with Crippen molar-refractivity contribution in [2.75, 3.05) is 4.90 Å². The maximum Gasteiger partial charge on any atom is 0.0714 e. The SMILES string of the molecule is C[C@H]1CC2CC3=C[C@@H]2CC3(c2ccc(N(c3ccc(-c4ccccc4-n4c5ccccc5c5c6ccccc6ccc54)cc3)c3ccc4c(c3)C(c3ccccc3)(c3ccccc3)c3ccccc3-4)cc2)C1. The van der Waals surface area contributed by atoms with Crippen LogP contribution in [0.25, 0.3) is 60.5 Å². The van der Waals surface area contributed by atoms with Gasteiger partial charge in [0, 0.05) is 38.8 Å². The van der Waals surface area contributed by atoms with Gasteiger partial charge in [-0.1, -0.05) is 201 Å². The Morgan fingerprint density at radius 2 is 1.10 bits per heavy atom. The van der Waals surface area contributed by atoms with E-state index < -0.39 is 5.41 Å². The summed E-state index contributed by atoms with van der Waals surface area (Å²) in [6.45, 7) is 2.50. The molecule has 5 aliphatic rings. The molecule has 4 atom stereocenters. The highest BCUT2D eigenvalue weighted by atomic mass is 15.1. The number of nitrogens with zero attached hydrogens (tertiary/aromatic N) is 2. The van der Waals surface area contributed by atoms with Gasteiger partial charge >= 0.3 is 0 Å². The van der Waals surface area contributed by atoms with Crippen LogP contribution in [0, 0.1) is 17.8 Å². The summed E-state index contributed by atoms with van der Waals surface area (Å²) in [6.07, 6.45) is 7.86. The molecule has 0 N–H and O–H groups in total. The molecule has 11 aromatic rings. The van der Waals surface area contributed by atoms with Gasteiger partial charge in [0.2, 0.25) is 0 Å². The molecular weight excluding hydrogens is 869 g/mol. The Hall–Kier alpha value is -8.20. The molecule has 2 saturated carbocycles. The predicted molar refractivity (Wildman–Crippen MR) is 300 cm³/mol. The van der Waals surface area contributed by atoms with Crippen molar-refractivity contribution in [2.45, 2.75) is 43.4 Å². The molecule has 4 bridgehead atoms. The lowest BCUT2D eigenvalue weighted by atomic mass is 9.67. The van der Waals surface area contributed by atoms with Gasteiger partial charge in [0.25, 0.3) is 0 Å². The van der Waals surface area contributed by atoms with Crippen molar-refractivity contribution in [3.8, 4) is 27.9 Å². The van der Waals surface area contributed by atoms with Crippen molar-refractivity contribution in [3.05, 3.63) is 276 Å². The van der Waals surface area contributed by atoms with E-state index in [9.17, 15) is 0 Å². The highest BCUT2D eigenvalue weighted by Gasteiger charge is 2.53. The van der Waals surface area contributed by atoms with E-state index in [1.54, 1.807) is 5.57 Å². The summed E-state index contributed by atoms with van der Waals surface area (Å²) in [6, 6.07) is 89.0. The van der Waals surface area contributed by atoms with Gasteiger partial charge in [-0.2, -0.15) is 0 Å². The van der Waals surface area contributed by atoms with Crippen LogP contribution in [0.15, 0.2) is 248 Å². The van der Waals surface area contributed by atoms with Crippen LogP contribution in [0.2, 0.25) is 0 Å². The van der Waals surface area contributed by atoms with E-state index in [0.29, 0.717) is 0 Å². The van der Waals surface area contributed by atoms with Crippen LogP contribution >= 0.6 is 0 Å². The van der Waals surface area contributed by atoms with E-state index in [2.05, 4.69) is 259 Å². The van der Waals surface area contributed by atoms with Gasteiger partial charge in [-0.25, -0.2) is 0 Å². The first-order valence-electron chi connectivity index (χ1n) is 26.1. The number of hydrogen-bond acceptors (Lipinski definition) is 1. The van der Waals surface area contributed by atoms with Crippen LogP contribution in [-0.4, -0.2) is 4.57 Å². The van der Waals surface area contributed by atoms with Gasteiger partial charge in [-0.15, -0.1) is 0 Å². The summed E-state index contributed by atoms with van der Waals surface area (Å²) in [5.74, 6) is 2.33. The molecule has 1 aromatic heterocycles. The standard InChI is InChI=1S/C70H54N2/c1-46-40-49-41-54-42-50(49)45-69(54,44-46)51-31-35-56(36-32-51)71(57-37-38-61-60-23-10-13-25-63(60)70(64(61)43-57,52-17-4-2-5-18-52)53-19-6-3-7-20-53)55-33-28-48(29-34-55)58-21-11-14-26-65(58)72-66-27-15-12-24-62(66)68-59-22-9-8-16-47(59)30-39-67(68)72/h2-39,42-43,46,49-50H,40-41,44-45H2,1H3/t46-,49?,50+,69?/m0/s1. The monoisotopic (exact) mass is 922 g/mol. The summed E-state index contributed by atoms with van der Waals surface area (Å²) >= 11 is 0. The fourth-order valence-electron chi connectivity index (χ4n) is 14.7. The van der Waals surface area contributed by atoms with Crippen molar-refractivity contribution in [3.63, 3.8) is 0 Å². The molecular formula is C70H54N2. The third-order valence-corrected chi connectivity index (χ3v) is 17.6. The number of anilines is 3. The Balaban J connectivity index is 0.900. The molecule has 2 fully saturated rings. The molecule has 1 heterocycles. The lowest BCUT2D eigenvalue weighted by molar-refractivity contribution is 0.320. The molecule has 0 amide bonds. The van der Waals surface area contributed by atoms with E-state index in [0.717, 1.165) is 34.8 Å². The molecule has 0 radical (unpaired) electrons. The van der Waals surface area contributed by atoms with Gasteiger partial charge in [0.05, 0.1) is 22.1 Å². The van der Waals surface area contributed by atoms with Crippen LogP contribution in [0.4, 0.5) is 17.1 Å². The fourth-order valence-corrected chi connectivity index (χ4v) is 14.7. The lowest BCUT2D eigenvalue weighted by Gasteiger charge is -2.37. The summed E-state index contributed by atoms with van der Waals surface area (Å²) < 4.78 is 2.48. The zero-order valence-corrected chi connectivity index (χ0v) is 40.5. The van der Waals surface area contributed by atoms with Crippen LogP contribution < -0.4 is 4.90 Å². The molecule has 10 aromatic carbocycles. The molecule has 5 aliphatic carbocycles. The van der Waals surface area contributed by atoms with E-state index in [4.69, 9.17) is 0 Å². The molecule has 72 heavy (non-hydrogen) atoms. The number of hydrogen-bond donors (Lipinski definition) is 0. The number of benzene rings is 10. The maximum absolute atomic E-state index is 2.67. The smallest absolute Gasteiger partial charge is 0.0714 e. The van der Waals surface area contributed by atoms with Crippen molar-refractivity contribution in [1.29, 1.82) is 0 Å². The van der Waals surface area contributed by atoms with Gasteiger partial charge < -0.3 is 9.47 Å². The van der Waals surface area contributed by atoms with Gasteiger partial charge in [-0.3, -0.25) is 0 Å². The highest BCUT2D eigenvalue weighted by molar-refractivity contribution is 6.21. The van der Waals surface area contributed by atoms with E-state index in [1.165, 1.54) is 114 Å². The Labute approximate surface area is 422 Å². The third-order valence-electron chi connectivity index (χ3n) is 17.6. The minimum absolute atomic E-state index is 0.170. The van der Waals surface area contributed by atoms with E-state index in [-0.39, 0.29) is 5.41 Å². The highest BCUT2D eigenvalue weighted by Crippen LogP contribution is 2.63. The first-order valence-corrected chi connectivity index (χ1v) is 26.1. The van der Waals surface area contributed by atoms with E-state index in [1.807, 2.05) is 0 Å². The second kappa shape index (κ2) is 15.9. The zero-order chi connectivity index (χ0) is 47.5. The molecule has 2 nitrogen and oxygen atoms in total. The summed E-state index contributed by atoms with van der Waals surface area (Å²) in [4.78, 5) is 2.50. The predicted octanol–water partition coefficient (Wildman–Crippen LogP) is 18.1. The Morgan fingerprint density at radius 1 is 0.472 bits per heavy atom. The first kappa shape index (κ1) is 41.6. The fraction of sp³-hybridized carbons (Fsp3) is 0.143. The average Bonchev–Trinajstić information content (AvgIpc) is 4.14. The number of para-hydroxylation sites is 2. The van der Waals surface area contributed by atoms with Crippen LogP contribution in [0.1, 0.15) is 60.4 Å². The molecule has 0 aliphatic heterocycles. The van der Waals surface area contributed by atoms with Crippen LogP contribution in [-0.2, 0) is 10.8 Å². The molecule has 2 unspecified atom stereocenters. The topological polar surface area (TPSA) is 8.17 Å². The molecule has 16 rings (SSSR count). The summed E-state index contributed by atoms with van der Waals surface area (Å²) in [5.41, 5.74) is 20.0. The second-order valence-electron chi connectivity index (χ2n) is 21.4. The van der Waals surface area contributed by atoms with Gasteiger partial charge in [0.1, 0.15) is 0 Å². The normalized spacial score (nSPS) is 20.2. The Bertz CT molecular complexity index is 3910. The van der Waals surface area contributed by atoms with Crippen molar-refractivity contribution < 1.29 is 0 Å². The minimum Gasteiger partial charge on any atom is -0.310 e. The van der Waals surface area contributed by atoms with Crippen molar-refractivity contribution >= 4 is 49.6 Å². The summed E-state index contributed by atoms with van der Waals surface area (Å²) in [5, 5.41) is 5.11. The molecule has 0 spiro atoms. The lowest BCUT2D eigenvalue weighted by Crippen LogP contribution is -2.30. The maximum atomic E-state index is 2.67.